The van der Waals surface area contributed by atoms with E-state index in [1.165, 1.54) is 0 Å². The number of hydrogen-bond donors (Lipinski definition) is 1. The summed E-state index contributed by atoms with van der Waals surface area (Å²) >= 11 is 0. The van der Waals surface area contributed by atoms with Crippen LogP contribution in [0.25, 0.3) is 11.0 Å². The molecule has 0 saturated carbocycles. The third-order valence-corrected chi connectivity index (χ3v) is 5.56. The molecule has 1 aliphatic rings. The number of nitrogens with two attached hydrogens (primary N) is 1. The number of carbonyl (C=O) groups is 1. The Morgan fingerprint density at radius 3 is 2.27 bits per heavy atom. The van der Waals surface area contributed by atoms with E-state index in [1.807, 2.05) is 40.7 Å². The lowest BCUT2D eigenvalue weighted by atomic mass is 9.91. The molecule has 1 unspecified atom stereocenters. The van der Waals surface area contributed by atoms with Crippen molar-refractivity contribution in [1.29, 1.82) is 0 Å². The Hall–Kier alpha value is -2.08. The number of para-hydroxylation sites is 2. The van der Waals surface area contributed by atoms with Crippen LogP contribution in [0.1, 0.15) is 39.5 Å². The van der Waals surface area contributed by atoms with Crippen LogP contribution in [0, 0.1) is 5.92 Å². The largest absolute Gasteiger partial charge is 0.343 e. The second-order valence-corrected chi connectivity index (χ2v) is 7.40. The number of likely N-dealkylation sites (tertiary alicyclic amines) is 1. The van der Waals surface area contributed by atoms with E-state index in [2.05, 4.69) is 6.92 Å². The molecule has 142 valence electrons. The summed E-state index contributed by atoms with van der Waals surface area (Å²) in [5, 5.41) is 0. The molecule has 1 saturated heterocycles. The molecule has 1 fully saturated rings. The van der Waals surface area contributed by atoms with Crippen LogP contribution < -0.4 is 11.4 Å². The zero-order chi connectivity index (χ0) is 18.7. The predicted octanol–water partition coefficient (Wildman–Crippen LogP) is 2.19. The molecule has 2 aromatic rings. The van der Waals surface area contributed by atoms with Crippen LogP contribution >= 0.6 is 0 Å². The Morgan fingerprint density at radius 1 is 1.15 bits per heavy atom. The van der Waals surface area contributed by atoms with E-state index >= 15 is 0 Å². The molecule has 1 aromatic carbocycles. The van der Waals surface area contributed by atoms with Gasteiger partial charge >= 0.3 is 5.69 Å². The van der Waals surface area contributed by atoms with Crippen molar-refractivity contribution >= 4 is 16.9 Å². The highest BCUT2D eigenvalue weighted by Crippen LogP contribution is 2.20. The smallest absolute Gasteiger partial charge is 0.329 e. The van der Waals surface area contributed by atoms with Gasteiger partial charge in [0.05, 0.1) is 11.0 Å². The molecular weight excluding hydrogens is 328 g/mol. The number of rotatable bonds is 6. The third kappa shape index (κ3) is 3.70. The van der Waals surface area contributed by atoms with E-state index < -0.39 is 0 Å². The van der Waals surface area contributed by atoms with Crippen LogP contribution in [0.3, 0.4) is 0 Å². The number of fused-ring (bicyclic) bond motifs is 1. The van der Waals surface area contributed by atoms with E-state index in [-0.39, 0.29) is 17.6 Å². The average molecular weight is 358 g/mol. The third-order valence-electron chi connectivity index (χ3n) is 5.56. The number of piperidine rings is 1. The Kier molecular flexibility index (Phi) is 5.81. The van der Waals surface area contributed by atoms with E-state index in [0.717, 1.165) is 43.4 Å². The number of carbonyl (C=O) groups excluding carboxylic acids is 1. The van der Waals surface area contributed by atoms with Crippen molar-refractivity contribution in [2.75, 3.05) is 13.1 Å². The molecule has 1 amide bonds. The van der Waals surface area contributed by atoms with Gasteiger partial charge in [-0.15, -0.1) is 0 Å². The maximum absolute atomic E-state index is 12.8. The lowest BCUT2D eigenvalue weighted by molar-refractivity contribution is -0.132. The molecule has 6 nitrogen and oxygen atoms in total. The van der Waals surface area contributed by atoms with Crippen LogP contribution in [-0.4, -0.2) is 39.1 Å². The van der Waals surface area contributed by atoms with Gasteiger partial charge in [0.25, 0.3) is 0 Å². The van der Waals surface area contributed by atoms with Gasteiger partial charge in [-0.1, -0.05) is 19.1 Å². The van der Waals surface area contributed by atoms with E-state index in [4.69, 9.17) is 5.73 Å². The number of benzene rings is 1. The Labute approximate surface area is 154 Å². The quantitative estimate of drug-likeness (QED) is 0.860. The fourth-order valence-corrected chi connectivity index (χ4v) is 3.97. The van der Waals surface area contributed by atoms with E-state index in [9.17, 15) is 9.59 Å². The number of aromatic nitrogens is 2. The molecule has 0 spiro atoms. The summed E-state index contributed by atoms with van der Waals surface area (Å²) in [6, 6.07) is 8.02. The van der Waals surface area contributed by atoms with Crippen molar-refractivity contribution in [2.45, 2.75) is 58.7 Å². The number of aryl methyl sites for hydroxylation is 2. The van der Waals surface area contributed by atoms with Crippen molar-refractivity contribution in [1.82, 2.24) is 14.0 Å². The highest BCUT2D eigenvalue weighted by atomic mass is 16.2. The van der Waals surface area contributed by atoms with E-state index in [0.29, 0.717) is 25.4 Å². The van der Waals surface area contributed by atoms with Gasteiger partial charge in [-0.05, 0) is 44.2 Å². The Bertz CT molecular complexity index is 813. The first-order chi connectivity index (χ1) is 12.5. The summed E-state index contributed by atoms with van der Waals surface area (Å²) in [5.41, 5.74) is 7.82. The molecular formula is C20H30N4O2. The summed E-state index contributed by atoms with van der Waals surface area (Å²) in [6.45, 7) is 6.79. The van der Waals surface area contributed by atoms with Gasteiger partial charge in [-0.3, -0.25) is 13.9 Å². The minimum atomic E-state index is -0.0171. The van der Waals surface area contributed by atoms with Gasteiger partial charge in [-0.25, -0.2) is 4.79 Å². The molecule has 6 heteroatoms. The van der Waals surface area contributed by atoms with Crippen molar-refractivity contribution in [2.24, 2.45) is 11.7 Å². The monoisotopic (exact) mass is 358 g/mol. The lowest BCUT2D eigenvalue weighted by Crippen LogP contribution is -2.42. The van der Waals surface area contributed by atoms with Crippen molar-refractivity contribution in [3.63, 3.8) is 0 Å². The second kappa shape index (κ2) is 8.08. The summed E-state index contributed by atoms with van der Waals surface area (Å²) in [5.74, 6) is 0.640. The van der Waals surface area contributed by atoms with Crippen molar-refractivity contribution in [3.8, 4) is 0 Å². The van der Waals surface area contributed by atoms with E-state index in [1.54, 1.807) is 4.57 Å². The number of amides is 1. The van der Waals surface area contributed by atoms with Crippen LogP contribution in [0.5, 0.6) is 0 Å². The molecule has 3 rings (SSSR count). The second-order valence-electron chi connectivity index (χ2n) is 7.40. The first-order valence-corrected chi connectivity index (χ1v) is 9.74. The highest BCUT2D eigenvalue weighted by Gasteiger charge is 2.25. The van der Waals surface area contributed by atoms with Gasteiger partial charge in [0, 0.05) is 38.6 Å². The molecule has 2 N–H and O–H groups in total. The normalized spacial score (nSPS) is 17.0. The van der Waals surface area contributed by atoms with Crippen LogP contribution in [0.2, 0.25) is 0 Å². The van der Waals surface area contributed by atoms with Gasteiger partial charge in [0.1, 0.15) is 0 Å². The summed E-state index contributed by atoms with van der Waals surface area (Å²) in [7, 11) is 0. The SMILES string of the molecule is CCCn1c(=O)n(CCC(=O)N2CCC(C(C)N)CC2)c2ccccc21. The molecule has 0 radical (unpaired) electrons. The van der Waals surface area contributed by atoms with Crippen LogP contribution in [0.4, 0.5) is 0 Å². The summed E-state index contributed by atoms with van der Waals surface area (Å²) in [6.07, 6.45) is 3.21. The fraction of sp³-hybridized carbons (Fsp3) is 0.600. The molecule has 1 aliphatic heterocycles. The maximum Gasteiger partial charge on any atom is 0.329 e. The summed E-state index contributed by atoms with van der Waals surface area (Å²) in [4.78, 5) is 27.3. The topological polar surface area (TPSA) is 73.3 Å². The highest BCUT2D eigenvalue weighted by molar-refractivity contribution is 5.78. The van der Waals surface area contributed by atoms with Gasteiger partial charge in [0.15, 0.2) is 0 Å². The van der Waals surface area contributed by atoms with Crippen LogP contribution in [0.15, 0.2) is 29.1 Å². The van der Waals surface area contributed by atoms with Crippen molar-refractivity contribution in [3.05, 3.63) is 34.7 Å². The first kappa shape index (κ1) is 18.7. The fourth-order valence-electron chi connectivity index (χ4n) is 3.97. The predicted molar refractivity (Wildman–Crippen MR) is 104 cm³/mol. The molecule has 1 aromatic heterocycles. The zero-order valence-corrected chi connectivity index (χ0v) is 15.9. The first-order valence-electron chi connectivity index (χ1n) is 9.74. The Morgan fingerprint density at radius 2 is 1.73 bits per heavy atom. The number of imidazole rings is 1. The molecule has 2 heterocycles. The van der Waals surface area contributed by atoms with Gasteiger partial charge in [0.2, 0.25) is 5.91 Å². The minimum Gasteiger partial charge on any atom is -0.343 e. The zero-order valence-electron chi connectivity index (χ0n) is 15.9. The number of nitrogens with zero attached hydrogens (tertiary/aromatic N) is 3. The molecule has 0 aliphatic carbocycles. The average Bonchev–Trinajstić information content (AvgIpc) is 2.92. The number of hydrogen-bond acceptors (Lipinski definition) is 3. The van der Waals surface area contributed by atoms with Gasteiger partial charge in [-0.2, -0.15) is 0 Å². The van der Waals surface area contributed by atoms with Gasteiger partial charge < -0.3 is 10.6 Å². The van der Waals surface area contributed by atoms with Crippen molar-refractivity contribution < 1.29 is 4.79 Å². The Balaban J connectivity index is 1.69. The van der Waals surface area contributed by atoms with Crippen LogP contribution in [-0.2, 0) is 17.9 Å². The summed E-state index contributed by atoms with van der Waals surface area (Å²) < 4.78 is 3.56. The molecule has 1 atom stereocenters. The molecule has 26 heavy (non-hydrogen) atoms. The minimum absolute atomic E-state index is 0.0171. The maximum atomic E-state index is 12.8. The molecule has 0 bridgehead atoms. The standard InChI is InChI=1S/C20H30N4O2/c1-3-11-23-17-6-4-5-7-18(17)24(20(23)26)14-10-19(25)22-12-8-16(9-13-22)15(2)21/h4-7,15-16H,3,8-14,21H2,1-2H3. The lowest BCUT2D eigenvalue weighted by Gasteiger charge is -2.33.